The molecule has 46 heavy (non-hydrogen) atoms. The molecule has 3 aliphatic rings. The second kappa shape index (κ2) is 12.8. The van der Waals surface area contributed by atoms with Gasteiger partial charge in [0.1, 0.15) is 11.9 Å². The minimum absolute atomic E-state index is 0.129. The van der Waals surface area contributed by atoms with Gasteiger partial charge in [-0.25, -0.2) is 4.79 Å². The molecule has 0 heterocycles. The van der Waals surface area contributed by atoms with Gasteiger partial charge in [-0.05, 0) is 114 Å². The number of hydrogen-bond donors (Lipinski definition) is 2. The van der Waals surface area contributed by atoms with Crippen molar-refractivity contribution in [1.29, 1.82) is 0 Å². The highest BCUT2D eigenvalue weighted by Gasteiger charge is 2.56. The molecular formula is C37H42O9. The molecule has 0 radical (unpaired) electrons. The topological polar surface area (TPSA) is 113 Å². The second-order valence-electron chi connectivity index (χ2n) is 12.7. The molecule has 6 atom stereocenters. The fourth-order valence-corrected chi connectivity index (χ4v) is 8.14. The molecule has 2 N–H and O–H groups in total. The summed E-state index contributed by atoms with van der Waals surface area (Å²) in [7, 11) is 6.19. The van der Waals surface area contributed by atoms with Gasteiger partial charge in [-0.1, -0.05) is 31.2 Å². The third kappa shape index (κ3) is 5.73. The molecule has 3 aromatic carbocycles. The van der Waals surface area contributed by atoms with Crippen LogP contribution >= 0.6 is 0 Å². The zero-order chi connectivity index (χ0) is 32.6. The predicted molar refractivity (Wildman–Crippen MR) is 173 cm³/mol. The highest BCUT2D eigenvalue weighted by atomic mass is 16.7. The van der Waals surface area contributed by atoms with Gasteiger partial charge in [0.05, 0.1) is 34.5 Å². The average Bonchev–Trinajstić information content (AvgIpc) is 3.37. The minimum Gasteiger partial charge on any atom is -0.508 e. The Labute approximate surface area is 269 Å². The van der Waals surface area contributed by atoms with E-state index in [9.17, 15) is 15.0 Å². The van der Waals surface area contributed by atoms with Gasteiger partial charge in [0.2, 0.25) is 5.75 Å². The van der Waals surface area contributed by atoms with Gasteiger partial charge in [-0.15, -0.1) is 0 Å². The molecular weight excluding hydrogens is 588 g/mol. The molecule has 0 amide bonds. The van der Waals surface area contributed by atoms with Gasteiger partial charge in [-0.2, -0.15) is 0 Å². The molecule has 2 fully saturated rings. The van der Waals surface area contributed by atoms with Crippen molar-refractivity contribution in [2.75, 3.05) is 28.4 Å². The number of carbonyl (C=O) groups excluding carboxylic acids is 1. The Bertz CT molecular complexity index is 1610. The summed E-state index contributed by atoms with van der Waals surface area (Å²) in [5.41, 5.74) is 3.36. The fraction of sp³-hybridized carbons (Fsp3) is 0.432. The van der Waals surface area contributed by atoms with E-state index in [0.29, 0.717) is 41.3 Å². The molecule has 2 saturated carbocycles. The van der Waals surface area contributed by atoms with Crippen LogP contribution < -0.4 is 23.7 Å². The zero-order valence-electron chi connectivity index (χ0n) is 26.9. The molecule has 0 aliphatic heterocycles. The SMILES string of the molecule is COc1ccc(C=Cc2cc(OC)c(OC)c(OC)c2)cc1OC(=O)O[C@@H]1CC2C(CC[C@@]3(C)C2CC[C@@H]3O)c2ccc(O)cc21. The zero-order valence-corrected chi connectivity index (χ0v) is 26.9. The summed E-state index contributed by atoms with van der Waals surface area (Å²) in [6.07, 6.45) is 6.26. The van der Waals surface area contributed by atoms with Crippen LogP contribution in [0.2, 0.25) is 0 Å². The molecule has 3 aromatic rings. The van der Waals surface area contributed by atoms with Crippen LogP contribution in [-0.2, 0) is 4.74 Å². The number of rotatable bonds is 8. The lowest BCUT2D eigenvalue weighted by Crippen LogP contribution is -2.44. The van der Waals surface area contributed by atoms with Crippen molar-refractivity contribution in [3.8, 4) is 34.5 Å². The maximum Gasteiger partial charge on any atom is 0.514 e. The number of hydrogen-bond acceptors (Lipinski definition) is 9. The first-order valence-electron chi connectivity index (χ1n) is 15.7. The van der Waals surface area contributed by atoms with E-state index in [4.69, 9.17) is 28.4 Å². The highest BCUT2D eigenvalue weighted by molar-refractivity contribution is 5.74. The van der Waals surface area contributed by atoms with Crippen molar-refractivity contribution < 1.29 is 43.4 Å². The van der Waals surface area contributed by atoms with E-state index < -0.39 is 12.3 Å². The van der Waals surface area contributed by atoms with Crippen LogP contribution in [-0.4, -0.2) is 50.9 Å². The van der Waals surface area contributed by atoms with Gasteiger partial charge < -0.3 is 38.6 Å². The summed E-state index contributed by atoms with van der Waals surface area (Å²) in [6, 6.07) is 14.3. The van der Waals surface area contributed by atoms with E-state index in [2.05, 4.69) is 6.92 Å². The van der Waals surface area contributed by atoms with Crippen LogP contribution in [0.1, 0.15) is 73.3 Å². The molecule has 0 spiro atoms. The van der Waals surface area contributed by atoms with Crippen LogP contribution in [0.5, 0.6) is 34.5 Å². The molecule has 0 aromatic heterocycles. The number of phenols is 1. The Balaban J connectivity index is 1.23. The Morgan fingerprint density at radius 3 is 2.20 bits per heavy atom. The van der Waals surface area contributed by atoms with Crippen molar-refractivity contribution >= 4 is 18.3 Å². The van der Waals surface area contributed by atoms with Gasteiger partial charge in [0, 0.05) is 0 Å². The maximum absolute atomic E-state index is 13.4. The van der Waals surface area contributed by atoms with Crippen molar-refractivity contribution in [1.82, 2.24) is 0 Å². The van der Waals surface area contributed by atoms with Gasteiger partial charge >= 0.3 is 6.16 Å². The molecule has 9 nitrogen and oxygen atoms in total. The van der Waals surface area contributed by atoms with Crippen molar-refractivity contribution in [2.45, 2.75) is 57.2 Å². The summed E-state index contributed by atoms with van der Waals surface area (Å²) in [6.45, 7) is 2.21. The lowest BCUT2D eigenvalue weighted by atomic mass is 9.55. The molecule has 3 aliphatic carbocycles. The van der Waals surface area contributed by atoms with Gasteiger partial charge in [0.25, 0.3) is 0 Å². The second-order valence-corrected chi connectivity index (χ2v) is 12.7. The fourth-order valence-electron chi connectivity index (χ4n) is 8.14. The largest absolute Gasteiger partial charge is 0.514 e. The van der Waals surface area contributed by atoms with Crippen molar-refractivity contribution in [3.63, 3.8) is 0 Å². The van der Waals surface area contributed by atoms with E-state index in [1.807, 2.05) is 36.4 Å². The molecule has 0 bridgehead atoms. The number of methoxy groups -OCH3 is 4. The lowest BCUT2D eigenvalue weighted by molar-refractivity contribution is -0.0428. The summed E-state index contributed by atoms with van der Waals surface area (Å²) in [5.74, 6) is 3.19. The van der Waals surface area contributed by atoms with Crippen LogP contribution in [0.25, 0.3) is 12.2 Å². The third-order valence-corrected chi connectivity index (χ3v) is 10.5. The van der Waals surface area contributed by atoms with E-state index >= 15 is 0 Å². The van der Waals surface area contributed by atoms with Crippen LogP contribution in [0.4, 0.5) is 4.79 Å². The Kier molecular flexibility index (Phi) is 8.79. The number of benzene rings is 3. The smallest absolute Gasteiger partial charge is 0.508 e. The van der Waals surface area contributed by atoms with E-state index in [-0.39, 0.29) is 28.9 Å². The van der Waals surface area contributed by atoms with E-state index in [1.54, 1.807) is 45.6 Å². The number of fused-ring (bicyclic) bond motifs is 5. The van der Waals surface area contributed by atoms with Crippen LogP contribution in [0.3, 0.4) is 0 Å². The number of phenolic OH excluding ortho intramolecular Hbond substituents is 1. The Morgan fingerprint density at radius 1 is 0.804 bits per heavy atom. The van der Waals surface area contributed by atoms with Gasteiger partial charge in [0.15, 0.2) is 23.0 Å². The van der Waals surface area contributed by atoms with E-state index in [0.717, 1.165) is 47.9 Å². The molecule has 3 unspecified atom stereocenters. The highest BCUT2D eigenvalue weighted by Crippen LogP contribution is 2.62. The monoisotopic (exact) mass is 630 g/mol. The standard InChI is InChI=1S/C37H42O9/c1-37-15-14-25-24-10-9-23(38)19-27(24)30(20-26(25)28(37)11-13-34(37)39)45-36(40)46-31-16-21(8-12-29(31)41-2)6-7-22-17-32(42-3)35(44-5)33(18-22)43-4/h6-10,12,16-19,25-26,28,30,34,38-39H,11,13-15,20H2,1-5H3/t25?,26?,28?,30-,34+,37+/m1/s1. The van der Waals surface area contributed by atoms with Crippen LogP contribution in [0.15, 0.2) is 48.5 Å². The number of ether oxygens (including phenoxy) is 6. The molecule has 244 valence electrons. The first kappa shape index (κ1) is 31.6. The average molecular weight is 631 g/mol. The van der Waals surface area contributed by atoms with Crippen LogP contribution in [0, 0.1) is 17.3 Å². The Morgan fingerprint density at radius 2 is 1.50 bits per heavy atom. The first-order chi connectivity index (χ1) is 22.2. The normalized spacial score (nSPS) is 26.4. The summed E-state index contributed by atoms with van der Waals surface area (Å²) in [5, 5.41) is 21.2. The summed E-state index contributed by atoms with van der Waals surface area (Å²) in [4.78, 5) is 13.4. The third-order valence-electron chi connectivity index (χ3n) is 10.5. The first-order valence-corrected chi connectivity index (χ1v) is 15.7. The quantitative estimate of drug-likeness (QED) is 0.148. The number of carbonyl (C=O) groups is 1. The molecule has 0 saturated heterocycles. The van der Waals surface area contributed by atoms with Gasteiger partial charge in [-0.3, -0.25) is 0 Å². The van der Waals surface area contributed by atoms with E-state index in [1.165, 1.54) is 7.11 Å². The van der Waals surface area contributed by atoms with Crippen molar-refractivity contribution in [3.05, 3.63) is 70.8 Å². The maximum atomic E-state index is 13.4. The summed E-state index contributed by atoms with van der Waals surface area (Å²) < 4.78 is 33.6. The lowest BCUT2D eigenvalue weighted by Gasteiger charge is -2.51. The Hall–Kier alpha value is -4.37. The predicted octanol–water partition coefficient (Wildman–Crippen LogP) is 7.53. The summed E-state index contributed by atoms with van der Waals surface area (Å²) >= 11 is 0. The number of aliphatic hydroxyl groups is 1. The molecule has 9 heteroatoms. The minimum atomic E-state index is -0.855. The molecule has 6 rings (SSSR count). The number of aromatic hydroxyl groups is 1. The number of aliphatic hydroxyl groups excluding tert-OH is 1. The van der Waals surface area contributed by atoms with Crippen molar-refractivity contribution in [2.24, 2.45) is 17.3 Å².